The number of hydrogen-bond donors (Lipinski definition) is 2. The van der Waals surface area contributed by atoms with E-state index in [1.54, 1.807) is 12.1 Å². The van der Waals surface area contributed by atoms with Crippen molar-refractivity contribution < 1.29 is 10.0 Å². The van der Waals surface area contributed by atoms with E-state index < -0.39 is 7.12 Å². The molecular weight excluding hydrogens is 190 g/mol. The van der Waals surface area contributed by atoms with Crippen molar-refractivity contribution in [1.29, 1.82) is 0 Å². The van der Waals surface area contributed by atoms with Crippen LogP contribution in [-0.4, -0.2) is 34.0 Å². The van der Waals surface area contributed by atoms with Gasteiger partial charge in [0, 0.05) is 0 Å². The summed E-state index contributed by atoms with van der Waals surface area (Å²) in [7, 11) is -1.33. The third-order valence-electron chi connectivity index (χ3n) is 1.27. The third-order valence-corrected chi connectivity index (χ3v) is 2.38. The summed E-state index contributed by atoms with van der Waals surface area (Å²) in [5.41, 5.74) is 0.600. The quantitative estimate of drug-likeness (QED) is 0.495. The molecule has 0 bridgehead atoms. The fraction of sp³-hybridized carbons (Fsp3) is 0. The van der Waals surface area contributed by atoms with E-state index in [1.165, 1.54) is 16.9 Å². The Morgan fingerprint density at radius 3 is 2.20 bits per heavy atom. The minimum atomic E-state index is -1.33. The first-order valence-corrected chi connectivity index (χ1v) is 4.13. The van der Waals surface area contributed by atoms with Crippen LogP contribution in [0.25, 0.3) is 0 Å². The van der Waals surface area contributed by atoms with Gasteiger partial charge in [-0.05, 0) is 0 Å². The van der Waals surface area contributed by atoms with Gasteiger partial charge in [0.2, 0.25) is 0 Å². The predicted molar refractivity (Wildman–Crippen MR) is 44.4 cm³/mol. The Labute approximate surface area is 68.5 Å². The molecule has 0 aromatic heterocycles. The van der Waals surface area contributed by atoms with Crippen LogP contribution in [0.4, 0.5) is 0 Å². The van der Waals surface area contributed by atoms with Crippen molar-refractivity contribution in [1.82, 2.24) is 0 Å². The van der Waals surface area contributed by atoms with Crippen molar-refractivity contribution in [2.45, 2.75) is 0 Å². The van der Waals surface area contributed by atoms with Crippen LogP contribution in [0, 0.1) is 0 Å². The molecular formula is C6H8AsBO2. The van der Waals surface area contributed by atoms with Crippen molar-refractivity contribution in [3.8, 4) is 0 Å². The van der Waals surface area contributed by atoms with Gasteiger partial charge in [0.25, 0.3) is 0 Å². The molecule has 10 heavy (non-hydrogen) atoms. The molecule has 0 amide bonds. The Balaban J connectivity index is 3.03. The van der Waals surface area contributed by atoms with Crippen LogP contribution in [0.2, 0.25) is 0 Å². The maximum atomic E-state index is 8.77. The summed E-state index contributed by atoms with van der Waals surface area (Å²) in [5.74, 6) is 0. The maximum absolute atomic E-state index is 8.77. The topological polar surface area (TPSA) is 40.5 Å². The Kier molecular flexibility index (Phi) is 2.55. The second-order valence-electron chi connectivity index (χ2n) is 2.00. The molecule has 0 aliphatic heterocycles. The number of benzene rings is 1. The Hall–Kier alpha value is -0.237. The van der Waals surface area contributed by atoms with Gasteiger partial charge in [0.05, 0.1) is 0 Å². The van der Waals surface area contributed by atoms with Gasteiger partial charge in [0.15, 0.2) is 0 Å². The van der Waals surface area contributed by atoms with Crippen LogP contribution in [0.5, 0.6) is 0 Å². The molecule has 52 valence electrons. The van der Waals surface area contributed by atoms with Crippen molar-refractivity contribution in [2.24, 2.45) is 0 Å². The van der Waals surface area contributed by atoms with E-state index in [2.05, 4.69) is 0 Å². The zero-order valence-corrected chi connectivity index (χ0v) is 7.78. The molecule has 0 radical (unpaired) electrons. The van der Waals surface area contributed by atoms with Gasteiger partial charge >= 0.3 is 68.1 Å². The van der Waals surface area contributed by atoms with Crippen molar-refractivity contribution in [3.63, 3.8) is 0 Å². The van der Waals surface area contributed by atoms with Gasteiger partial charge in [-0.15, -0.1) is 0 Å². The van der Waals surface area contributed by atoms with E-state index in [0.29, 0.717) is 5.46 Å². The van der Waals surface area contributed by atoms with E-state index in [-0.39, 0.29) is 0 Å². The third kappa shape index (κ3) is 1.63. The SMILES string of the molecule is OB(O)c1ccccc1[AsH2]. The summed E-state index contributed by atoms with van der Waals surface area (Å²) >= 11 is 1.40. The monoisotopic (exact) mass is 198 g/mol. The van der Waals surface area contributed by atoms with Crippen LogP contribution in [0.1, 0.15) is 0 Å². The zero-order chi connectivity index (χ0) is 7.56. The minimum absolute atomic E-state index is 0.600. The second kappa shape index (κ2) is 3.24. The van der Waals surface area contributed by atoms with Crippen LogP contribution in [0.3, 0.4) is 0 Å². The van der Waals surface area contributed by atoms with Gasteiger partial charge in [-0.2, -0.15) is 0 Å². The van der Waals surface area contributed by atoms with Gasteiger partial charge < -0.3 is 0 Å². The van der Waals surface area contributed by atoms with E-state index in [4.69, 9.17) is 10.0 Å². The van der Waals surface area contributed by atoms with Crippen molar-refractivity contribution in [3.05, 3.63) is 24.3 Å². The molecule has 1 rings (SSSR count). The molecule has 0 spiro atoms. The Morgan fingerprint density at radius 1 is 1.20 bits per heavy atom. The fourth-order valence-corrected chi connectivity index (χ4v) is 1.49. The van der Waals surface area contributed by atoms with Gasteiger partial charge in [-0.1, -0.05) is 0 Å². The zero-order valence-electron chi connectivity index (χ0n) is 5.36. The molecule has 1 aromatic rings. The molecule has 1 atom stereocenters. The predicted octanol–water partition coefficient (Wildman–Crippen LogP) is -2.38. The second-order valence-corrected chi connectivity index (χ2v) is 3.31. The Morgan fingerprint density at radius 2 is 1.80 bits per heavy atom. The molecule has 0 aliphatic carbocycles. The van der Waals surface area contributed by atoms with Crippen LogP contribution in [0.15, 0.2) is 24.3 Å². The van der Waals surface area contributed by atoms with Crippen molar-refractivity contribution in [2.75, 3.05) is 0 Å². The molecule has 1 aromatic carbocycles. The number of rotatable bonds is 1. The summed E-state index contributed by atoms with van der Waals surface area (Å²) in [6.45, 7) is 0. The normalized spacial score (nSPS) is 9.50. The summed E-state index contributed by atoms with van der Waals surface area (Å²) < 4.78 is 0.963. The van der Waals surface area contributed by atoms with Gasteiger partial charge in [-0.3, -0.25) is 0 Å². The molecule has 4 heteroatoms. The van der Waals surface area contributed by atoms with E-state index in [1.807, 2.05) is 12.1 Å². The first kappa shape index (κ1) is 7.87. The molecule has 0 heterocycles. The molecule has 2 N–H and O–H groups in total. The van der Waals surface area contributed by atoms with Crippen LogP contribution >= 0.6 is 0 Å². The molecule has 0 saturated heterocycles. The van der Waals surface area contributed by atoms with E-state index >= 15 is 0 Å². The average Bonchev–Trinajstić information content (AvgIpc) is 1.88. The van der Waals surface area contributed by atoms with Crippen LogP contribution in [-0.2, 0) is 0 Å². The molecule has 1 unspecified atom stereocenters. The van der Waals surface area contributed by atoms with Gasteiger partial charge in [-0.25, -0.2) is 0 Å². The summed E-state index contributed by atoms with van der Waals surface area (Å²) in [4.78, 5) is 0. The molecule has 0 aliphatic rings. The first-order chi connectivity index (χ1) is 4.72. The van der Waals surface area contributed by atoms with E-state index in [0.717, 1.165) is 4.35 Å². The van der Waals surface area contributed by atoms with Crippen LogP contribution < -0.4 is 9.81 Å². The Bertz CT molecular complexity index is 227. The molecule has 0 saturated carbocycles. The molecule has 0 fully saturated rings. The van der Waals surface area contributed by atoms with Gasteiger partial charge in [0.1, 0.15) is 0 Å². The standard InChI is InChI=1S/C6H8AsBO2/c7-5-3-1-2-4-6(5)8(9)10/h1-4,9-10H,7H2. The number of hydrogen-bond acceptors (Lipinski definition) is 2. The summed E-state index contributed by atoms with van der Waals surface area (Å²) in [6, 6.07) is 7.25. The average molecular weight is 198 g/mol. The first-order valence-electron chi connectivity index (χ1n) is 2.92. The summed E-state index contributed by atoms with van der Waals surface area (Å²) in [6.07, 6.45) is 0. The molecule has 2 nitrogen and oxygen atoms in total. The summed E-state index contributed by atoms with van der Waals surface area (Å²) in [5, 5.41) is 17.5. The van der Waals surface area contributed by atoms with E-state index in [9.17, 15) is 0 Å². The fourth-order valence-electron chi connectivity index (χ4n) is 0.746. The van der Waals surface area contributed by atoms with Crippen molar-refractivity contribution >= 4 is 33.8 Å².